The number of aryl methyl sites for hydroxylation is 1. The van der Waals surface area contributed by atoms with Gasteiger partial charge in [0.2, 0.25) is 11.8 Å². The van der Waals surface area contributed by atoms with E-state index in [4.69, 9.17) is 11.6 Å². The second kappa shape index (κ2) is 15.7. The maximum atomic E-state index is 14.5. The van der Waals surface area contributed by atoms with E-state index in [1.165, 1.54) is 17.0 Å². The second-order valence-corrected chi connectivity index (χ2v) is 14.1. The van der Waals surface area contributed by atoms with E-state index >= 15 is 0 Å². The summed E-state index contributed by atoms with van der Waals surface area (Å²) in [6, 6.07) is 25.2. The zero-order valence-electron chi connectivity index (χ0n) is 26.7. The number of nitrogens with zero attached hydrogens (tertiary/aromatic N) is 2. The SMILES string of the molecule is Cc1ccc(S(=O)(=O)N(CC(=O)N(Cc2ccccc2)[C@H](Cc2ccccc2)C(=O)NCC(C)C)c2ccc(Cl)c(C(F)(F)F)c2)cc1. The number of halogens is 4. The van der Waals surface area contributed by atoms with Crippen molar-refractivity contribution in [1.82, 2.24) is 10.2 Å². The van der Waals surface area contributed by atoms with Crippen LogP contribution in [0.2, 0.25) is 5.02 Å². The molecule has 0 aliphatic carbocycles. The van der Waals surface area contributed by atoms with Gasteiger partial charge in [0.25, 0.3) is 10.0 Å². The summed E-state index contributed by atoms with van der Waals surface area (Å²) in [5.41, 5.74) is 0.510. The summed E-state index contributed by atoms with van der Waals surface area (Å²) in [6.45, 7) is 4.97. The van der Waals surface area contributed by atoms with E-state index in [2.05, 4.69) is 5.32 Å². The van der Waals surface area contributed by atoms with Gasteiger partial charge < -0.3 is 10.2 Å². The van der Waals surface area contributed by atoms with Crippen molar-refractivity contribution < 1.29 is 31.2 Å². The minimum atomic E-state index is -4.90. The van der Waals surface area contributed by atoms with Crippen molar-refractivity contribution in [2.75, 3.05) is 17.4 Å². The Morgan fingerprint density at radius 2 is 1.44 bits per heavy atom. The standard InChI is InChI=1S/C36H37ClF3N3O4S/c1-25(2)22-41-35(45)33(20-27-10-6-4-7-11-27)42(23-28-12-8-5-9-13-28)34(44)24-43(48(46,47)30-17-14-26(3)15-18-30)29-16-19-32(37)31(21-29)36(38,39)40/h4-19,21,25,33H,20,22-24H2,1-3H3,(H,41,45)/t33-/m1/s1. The first kappa shape index (κ1) is 36.5. The topological polar surface area (TPSA) is 86.8 Å². The molecule has 1 N–H and O–H groups in total. The Morgan fingerprint density at radius 3 is 2.00 bits per heavy atom. The molecule has 0 fully saturated rings. The van der Waals surface area contributed by atoms with Crippen LogP contribution in [0.15, 0.2) is 108 Å². The average molecular weight is 700 g/mol. The van der Waals surface area contributed by atoms with Crippen LogP contribution in [-0.2, 0) is 38.8 Å². The molecule has 1 atom stereocenters. The van der Waals surface area contributed by atoms with Gasteiger partial charge in [-0.2, -0.15) is 13.2 Å². The number of benzene rings is 4. The molecule has 0 bridgehead atoms. The number of nitrogens with one attached hydrogen (secondary N) is 1. The fourth-order valence-corrected chi connectivity index (χ4v) is 6.64. The van der Waals surface area contributed by atoms with Crippen molar-refractivity contribution in [1.29, 1.82) is 0 Å². The first-order valence-electron chi connectivity index (χ1n) is 15.3. The molecule has 12 heteroatoms. The van der Waals surface area contributed by atoms with Crippen LogP contribution in [0, 0.1) is 12.8 Å². The van der Waals surface area contributed by atoms with Crippen LogP contribution >= 0.6 is 11.6 Å². The Hall–Kier alpha value is -4.35. The summed E-state index contributed by atoms with van der Waals surface area (Å²) in [5, 5.41) is 2.27. The lowest BCUT2D eigenvalue weighted by molar-refractivity contribution is -0.140. The van der Waals surface area contributed by atoms with E-state index in [1.54, 1.807) is 61.5 Å². The molecule has 4 aromatic carbocycles. The Labute approximate surface area is 284 Å². The van der Waals surface area contributed by atoms with Gasteiger partial charge >= 0.3 is 6.18 Å². The Kier molecular flexibility index (Phi) is 11.9. The highest BCUT2D eigenvalue weighted by molar-refractivity contribution is 7.92. The summed E-state index contributed by atoms with van der Waals surface area (Å²) in [6.07, 6.45) is -4.79. The summed E-state index contributed by atoms with van der Waals surface area (Å²) in [5.74, 6) is -1.14. The van der Waals surface area contributed by atoms with Gasteiger partial charge in [-0.05, 0) is 54.3 Å². The lowest BCUT2D eigenvalue weighted by Gasteiger charge is -2.34. The van der Waals surface area contributed by atoms with Crippen LogP contribution in [-0.4, -0.2) is 44.3 Å². The van der Waals surface area contributed by atoms with Crippen LogP contribution < -0.4 is 9.62 Å². The summed E-state index contributed by atoms with van der Waals surface area (Å²) >= 11 is 5.88. The minimum absolute atomic E-state index is 0.0703. The smallest absolute Gasteiger partial charge is 0.354 e. The highest BCUT2D eigenvalue weighted by Crippen LogP contribution is 2.38. The fraction of sp³-hybridized carbons (Fsp3) is 0.278. The summed E-state index contributed by atoms with van der Waals surface area (Å²) < 4.78 is 70.8. The van der Waals surface area contributed by atoms with Crippen molar-refractivity contribution >= 4 is 39.1 Å². The molecule has 0 heterocycles. The Bertz CT molecular complexity index is 1800. The molecule has 0 aliphatic heterocycles. The first-order chi connectivity index (χ1) is 22.7. The number of alkyl halides is 3. The molecule has 0 radical (unpaired) electrons. The monoisotopic (exact) mass is 699 g/mol. The average Bonchev–Trinajstić information content (AvgIpc) is 3.05. The molecule has 48 heavy (non-hydrogen) atoms. The van der Waals surface area contributed by atoms with Gasteiger partial charge in [-0.1, -0.05) is 104 Å². The minimum Gasteiger partial charge on any atom is -0.354 e. The van der Waals surface area contributed by atoms with E-state index in [9.17, 15) is 31.2 Å². The van der Waals surface area contributed by atoms with E-state index in [0.29, 0.717) is 22.5 Å². The van der Waals surface area contributed by atoms with Gasteiger partial charge in [-0.25, -0.2) is 8.42 Å². The number of amides is 2. The van der Waals surface area contributed by atoms with Crippen molar-refractivity contribution in [3.8, 4) is 0 Å². The maximum absolute atomic E-state index is 14.5. The molecule has 7 nitrogen and oxygen atoms in total. The predicted molar refractivity (Wildman–Crippen MR) is 181 cm³/mol. The zero-order valence-corrected chi connectivity index (χ0v) is 28.3. The number of sulfonamides is 1. The molecule has 0 saturated heterocycles. The molecule has 4 aromatic rings. The summed E-state index contributed by atoms with van der Waals surface area (Å²) in [4.78, 5) is 29.3. The van der Waals surface area contributed by atoms with Gasteiger partial charge in [-0.15, -0.1) is 0 Å². The molecule has 0 aromatic heterocycles. The quantitative estimate of drug-likeness (QED) is 0.159. The molecular formula is C36H37ClF3N3O4S. The first-order valence-corrected chi connectivity index (χ1v) is 17.1. The normalized spacial score (nSPS) is 12.4. The molecule has 4 rings (SSSR count). The number of anilines is 1. The van der Waals surface area contributed by atoms with Crippen molar-refractivity contribution in [2.45, 2.75) is 50.9 Å². The highest BCUT2D eigenvalue weighted by atomic mass is 35.5. The number of carbonyl (C=O) groups excluding carboxylic acids is 2. The van der Waals surface area contributed by atoms with Crippen molar-refractivity contribution in [3.63, 3.8) is 0 Å². The lowest BCUT2D eigenvalue weighted by atomic mass is 10.0. The molecule has 0 aliphatic rings. The summed E-state index contributed by atoms with van der Waals surface area (Å²) in [7, 11) is -4.60. The Balaban J connectivity index is 1.85. The number of rotatable bonds is 13. The Morgan fingerprint density at radius 1 is 0.854 bits per heavy atom. The van der Waals surface area contributed by atoms with Gasteiger partial charge in [0, 0.05) is 19.5 Å². The van der Waals surface area contributed by atoms with Gasteiger partial charge in [0.05, 0.1) is 21.2 Å². The second-order valence-electron chi connectivity index (χ2n) is 11.8. The van der Waals surface area contributed by atoms with Crippen molar-refractivity contribution in [2.24, 2.45) is 5.92 Å². The third-order valence-electron chi connectivity index (χ3n) is 7.58. The molecule has 0 spiro atoms. The molecular weight excluding hydrogens is 663 g/mol. The van der Waals surface area contributed by atoms with E-state index < -0.39 is 56.9 Å². The van der Waals surface area contributed by atoms with Crippen LogP contribution in [0.1, 0.15) is 36.1 Å². The number of hydrogen-bond acceptors (Lipinski definition) is 4. The van der Waals surface area contributed by atoms with E-state index in [0.717, 1.165) is 23.3 Å². The molecule has 254 valence electrons. The number of carbonyl (C=O) groups is 2. The third-order valence-corrected chi connectivity index (χ3v) is 9.70. The fourth-order valence-electron chi connectivity index (χ4n) is 5.01. The largest absolute Gasteiger partial charge is 0.417 e. The van der Waals surface area contributed by atoms with Crippen LogP contribution in [0.25, 0.3) is 0 Å². The lowest BCUT2D eigenvalue weighted by Crippen LogP contribution is -2.53. The maximum Gasteiger partial charge on any atom is 0.417 e. The van der Waals surface area contributed by atoms with Crippen LogP contribution in [0.3, 0.4) is 0 Å². The molecule has 0 saturated carbocycles. The highest BCUT2D eigenvalue weighted by Gasteiger charge is 2.37. The predicted octanol–water partition coefficient (Wildman–Crippen LogP) is 7.27. The molecule has 0 unspecified atom stereocenters. The number of hydrogen-bond donors (Lipinski definition) is 1. The van der Waals surface area contributed by atoms with Crippen LogP contribution in [0.5, 0.6) is 0 Å². The van der Waals surface area contributed by atoms with Gasteiger partial charge in [-0.3, -0.25) is 13.9 Å². The van der Waals surface area contributed by atoms with Crippen LogP contribution in [0.4, 0.5) is 18.9 Å². The van der Waals surface area contributed by atoms with Gasteiger partial charge in [0.1, 0.15) is 12.6 Å². The van der Waals surface area contributed by atoms with Gasteiger partial charge in [0.15, 0.2) is 0 Å². The van der Waals surface area contributed by atoms with E-state index in [1.807, 2.05) is 32.0 Å². The zero-order chi connectivity index (χ0) is 35.1. The van der Waals surface area contributed by atoms with Crippen molar-refractivity contribution in [3.05, 3.63) is 130 Å². The molecule has 2 amide bonds. The van der Waals surface area contributed by atoms with E-state index in [-0.39, 0.29) is 23.8 Å². The third kappa shape index (κ3) is 9.38.